The lowest BCUT2D eigenvalue weighted by molar-refractivity contribution is 0.0933. The molecule has 1 aromatic heterocycles. The second-order valence-corrected chi connectivity index (χ2v) is 5.89. The molecule has 0 bridgehead atoms. The zero-order valence-electron chi connectivity index (χ0n) is 13.4. The molecule has 130 valence electrons. The van der Waals surface area contributed by atoms with Gasteiger partial charge in [0.15, 0.2) is 0 Å². The van der Waals surface area contributed by atoms with Crippen LogP contribution >= 0.6 is 12.4 Å². The van der Waals surface area contributed by atoms with E-state index in [2.05, 4.69) is 10.3 Å². The molecular formula is C16H21ClN4O3. The molecule has 0 radical (unpaired) electrons. The summed E-state index contributed by atoms with van der Waals surface area (Å²) < 4.78 is 1.12. The number of aromatic amines is 1. The van der Waals surface area contributed by atoms with Crippen LogP contribution in [-0.2, 0) is 6.54 Å². The van der Waals surface area contributed by atoms with Gasteiger partial charge in [-0.15, -0.1) is 12.4 Å². The number of fused-ring (bicyclic) bond motifs is 1. The summed E-state index contributed by atoms with van der Waals surface area (Å²) in [4.78, 5) is 39.1. The predicted octanol–water partition coefficient (Wildman–Crippen LogP) is 0.599. The number of nitrogens with two attached hydrogens (primary N) is 1. The fraction of sp³-hybridized carbons (Fsp3) is 0.438. The smallest absolute Gasteiger partial charge is 0.328 e. The number of halogens is 1. The van der Waals surface area contributed by atoms with Gasteiger partial charge in [-0.25, -0.2) is 4.79 Å². The first-order valence-electron chi connectivity index (χ1n) is 7.83. The van der Waals surface area contributed by atoms with Crippen LogP contribution in [0.25, 0.3) is 10.9 Å². The van der Waals surface area contributed by atoms with Crippen molar-refractivity contribution >= 4 is 29.2 Å². The molecule has 3 rings (SSSR count). The van der Waals surface area contributed by atoms with Gasteiger partial charge in [0.05, 0.1) is 10.9 Å². The van der Waals surface area contributed by atoms with Crippen LogP contribution in [0.1, 0.15) is 30.1 Å². The molecule has 0 spiro atoms. The Bertz CT molecular complexity index is 870. The molecule has 1 heterocycles. The molecule has 4 N–H and O–H groups in total. The molecule has 1 atom stereocenters. The number of rotatable bonds is 5. The average Bonchev–Trinajstić information content (AvgIpc) is 3.37. The van der Waals surface area contributed by atoms with E-state index in [-0.39, 0.29) is 29.9 Å². The molecule has 7 nitrogen and oxygen atoms in total. The molecule has 24 heavy (non-hydrogen) atoms. The maximum Gasteiger partial charge on any atom is 0.328 e. The number of hydrogen-bond acceptors (Lipinski definition) is 4. The van der Waals surface area contributed by atoms with Gasteiger partial charge in [0.2, 0.25) is 0 Å². The Balaban J connectivity index is 0.00000208. The zero-order valence-corrected chi connectivity index (χ0v) is 14.2. The summed E-state index contributed by atoms with van der Waals surface area (Å²) in [5.74, 6) is 0.218. The van der Waals surface area contributed by atoms with Crippen molar-refractivity contribution < 1.29 is 4.79 Å². The van der Waals surface area contributed by atoms with Gasteiger partial charge in [-0.1, -0.05) is 0 Å². The van der Waals surface area contributed by atoms with Gasteiger partial charge in [0.25, 0.3) is 11.5 Å². The second kappa shape index (κ2) is 7.19. The van der Waals surface area contributed by atoms with E-state index in [4.69, 9.17) is 5.73 Å². The van der Waals surface area contributed by atoms with Gasteiger partial charge < -0.3 is 16.0 Å². The van der Waals surface area contributed by atoms with E-state index in [0.29, 0.717) is 35.5 Å². The van der Waals surface area contributed by atoms with Crippen LogP contribution in [-0.4, -0.2) is 28.0 Å². The quantitative estimate of drug-likeness (QED) is 0.731. The van der Waals surface area contributed by atoms with E-state index in [1.165, 1.54) is 6.07 Å². The average molecular weight is 353 g/mol. The number of nitrogens with one attached hydrogen (secondary N) is 2. The van der Waals surface area contributed by atoms with Crippen LogP contribution in [0, 0.1) is 5.92 Å². The number of aromatic nitrogens is 2. The first-order valence-corrected chi connectivity index (χ1v) is 7.83. The molecule has 0 aliphatic heterocycles. The highest BCUT2D eigenvalue weighted by molar-refractivity contribution is 5.97. The van der Waals surface area contributed by atoms with Crippen LogP contribution in [0.15, 0.2) is 27.8 Å². The van der Waals surface area contributed by atoms with E-state index in [0.717, 1.165) is 17.4 Å². The highest BCUT2D eigenvalue weighted by atomic mass is 35.5. The summed E-state index contributed by atoms with van der Waals surface area (Å²) in [5, 5.41) is 3.31. The lowest BCUT2D eigenvalue weighted by Crippen LogP contribution is -2.41. The van der Waals surface area contributed by atoms with Crippen LogP contribution in [0.3, 0.4) is 0 Å². The number of H-pyrrole nitrogens is 1. The summed E-state index contributed by atoms with van der Waals surface area (Å²) in [5.41, 5.74) is 5.65. The largest absolute Gasteiger partial charge is 0.348 e. The SMILES string of the molecule is CCn1c(=O)[nH]c2cc(C(=O)NC(CN)C3CC3)ccc2c1=O.Cl. The monoisotopic (exact) mass is 352 g/mol. The highest BCUT2D eigenvalue weighted by Crippen LogP contribution is 2.32. The number of amides is 1. The third-order valence-electron chi connectivity index (χ3n) is 4.32. The van der Waals surface area contributed by atoms with E-state index in [1.54, 1.807) is 19.1 Å². The summed E-state index contributed by atoms with van der Waals surface area (Å²) in [6.07, 6.45) is 2.17. The summed E-state index contributed by atoms with van der Waals surface area (Å²) in [6.45, 7) is 2.43. The Hall–Kier alpha value is -2.12. The molecule has 1 aliphatic rings. The molecule has 8 heteroatoms. The van der Waals surface area contributed by atoms with Crippen LogP contribution < -0.4 is 22.3 Å². The molecule has 1 unspecified atom stereocenters. The van der Waals surface area contributed by atoms with Gasteiger partial charge in [-0.05, 0) is 43.9 Å². The third-order valence-corrected chi connectivity index (χ3v) is 4.32. The van der Waals surface area contributed by atoms with Crippen molar-refractivity contribution in [2.24, 2.45) is 11.7 Å². The Morgan fingerprint density at radius 2 is 2.12 bits per heavy atom. The Morgan fingerprint density at radius 1 is 1.42 bits per heavy atom. The standard InChI is InChI=1S/C16H20N4O3.ClH/c1-2-20-15(22)11-6-5-10(7-12(11)19-16(20)23)14(21)18-13(8-17)9-3-4-9;/h5-7,9,13H,2-4,8,17H2,1H3,(H,18,21)(H,19,23);1H. The minimum absolute atomic E-state index is 0. The normalized spacial score (nSPS) is 14.9. The van der Waals surface area contributed by atoms with Crippen molar-refractivity contribution in [3.05, 3.63) is 44.6 Å². The number of hydrogen-bond donors (Lipinski definition) is 3. The van der Waals surface area contributed by atoms with Crippen molar-refractivity contribution in [3.8, 4) is 0 Å². The maximum atomic E-state index is 12.3. The van der Waals surface area contributed by atoms with Crippen LogP contribution in [0.2, 0.25) is 0 Å². The van der Waals surface area contributed by atoms with Crippen molar-refractivity contribution in [2.45, 2.75) is 32.4 Å². The summed E-state index contributed by atoms with van der Waals surface area (Å²) in [6, 6.07) is 4.68. The third kappa shape index (κ3) is 3.37. The lowest BCUT2D eigenvalue weighted by atomic mass is 10.1. The van der Waals surface area contributed by atoms with Gasteiger partial charge in [-0.3, -0.25) is 14.2 Å². The van der Waals surface area contributed by atoms with E-state index in [1.807, 2.05) is 0 Å². The minimum atomic E-state index is -0.472. The first kappa shape index (κ1) is 18.2. The zero-order chi connectivity index (χ0) is 16.6. The van der Waals surface area contributed by atoms with Crippen molar-refractivity contribution in [3.63, 3.8) is 0 Å². The number of carbonyl (C=O) groups is 1. The summed E-state index contributed by atoms with van der Waals surface area (Å²) in [7, 11) is 0. The molecule has 1 aliphatic carbocycles. The van der Waals surface area contributed by atoms with Crippen molar-refractivity contribution in [2.75, 3.05) is 6.54 Å². The second-order valence-electron chi connectivity index (χ2n) is 5.89. The minimum Gasteiger partial charge on any atom is -0.348 e. The number of carbonyl (C=O) groups excluding carboxylic acids is 1. The number of nitrogens with zero attached hydrogens (tertiary/aromatic N) is 1. The maximum absolute atomic E-state index is 12.3. The Labute approximate surface area is 144 Å². The topological polar surface area (TPSA) is 110 Å². The fourth-order valence-corrected chi connectivity index (χ4v) is 2.80. The molecule has 1 aromatic carbocycles. The summed E-state index contributed by atoms with van der Waals surface area (Å²) >= 11 is 0. The van der Waals surface area contributed by atoms with Crippen LogP contribution in [0.4, 0.5) is 0 Å². The molecule has 1 amide bonds. The first-order chi connectivity index (χ1) is 11.0. The van der Waals surface area contributed by atoms with Gasteiger partial charge in [0, 0.05) is 24.7 Å². The fourth-order valence-electron chi connectivity index (χ4n) is 2.80. The lowest BCUT2D eigenvalue weighted by Gasteiger charge is -2.16. The number of benzene rings is 1. The molecule has 1 saturated carbocycles. The van der Waals surface area contributed by atoms with E-state index in [9.17, 15) is 14.4 Å². The van der Waals surface area contributed by atoms with Gasteiger partial charge >= 0.3 is 5.69 Å². The van der Waals surface area contributed by atoms with Crippen molar-refractivity contribution in [1.82, 2.24) is 14.9 Å². The Morgan fingerprint density at radius 3 is 2.71 bits per heavy atom. The molecule has 0 saturated heterocycles. The van der Waals surface area contributed by atoms with E-state index < -0.39 is 5.69 Å². The Kier molecular flexibility index (Phi) is 5.46. The predicted molar refractivity (Wildman–Crippen MR) is 94.8 cm³/mol. The van der Waals surface area contributed by atoms with E-state index >= 15 is 0 Å². The van der Waals surface area contributed by atoms with Crippen LogP contribution in [0.5, 0.6) is 0 Å². The van der Waals surface area contributed by atoms with Gasteiger partial charge in [-0.2, -0.15) is 0 Å². The molecule has 2 aromatic rings. The van der Waals surface area contributed by atoms with Crippen molar-refractivity contribution in [1.29, 1.82) is 0 Å². The molecule has 1 fully saturated rings. The molecular weight excluding hydrogens is 332 g/mol. The highest BCUT2D eigenvalue weighted by Gasteiger charge is 2.31. The van der Waals surface area contributed by atoms with Gasteiger partial charge in [0.1, 0.15) is 0 Å².